The van der Waals surface area contributed by atoms with Crippen molar-refractivity contribution in [1.82, 2.24) is 14.6 Å². The molecule has 1 unspecified atom stereocenters. The lowest BCUT2D eigenvalue weighted by atomic mass is 10.1. The van der Waals surface area contributed by atoms with Crippen molar-refractivity contribution in [2.45, 2.75) is 19.8 Å². The fraction of sp³-hybridized carbons (Fsp3) is 0.458. The molecule has 2 amide bonds. The van der Waals surface area contributed by atoms with E-state index < -0.39 is 15.9 Å². The molecular formula is C24H31N5O4S. The van der Waals surface area contributed by atoms with Gasteiger partial charge in [-0.1, -0.05) is 23.8 Å². The fourth-order valence-corrected chi connectivity index (χ4v) is 5.82. The number of sulfonamides is 1. The molecule has 1 aromatic carbocycles. The SMILES string of the molecule is Cc1ccc(N2CC(C(=O)NCCCS(=O)(=O)N3CCN(c4ccccn4)CC3)CC2=O)cc1. The number of carbonyl (C=O) groups is 2. The summed E-state index contributed by atoms with van der Waals surface area (Å²) < 4.78 is 27.0. The van der Waals surface area contributed by atoms with Crippen LogP contribution in [0.2, 0.25) is 0 Å². The van der Waals surface area contributed by atoms with E-state index in [1.165, 1.54) is 4.31 Å². The quantitative estimate of drug-likeness (QED) is 0.567. The summed E-state index contributed by atoms with van der Waals surface area (Å²) in [6, 6.07) is 13.3. The normalized spacial score (nSPS) is 19.4. The van der Waals surface area contributed by atoms with Crippen LogP contribution in [0.25, 0.3) is 0 Å². The highest BCUT2D eigenvalue weighted by molar-refractivity contribution is 7.89. The largest absolute Gasteiger partial charge is 0.356 e. The second-order valence-electron chi connectivity index (χ2n) is 8.78. The van der Waals surface area contributed by atoms with Gasteiger partial charge in [0.05, 0.1) is 11.7 Å². The maximum Gasteiger partial charge on any atom is 0.227 e. The van der Waals surface area contributed by atoms with E-state index in [0.29, 0.717) is 39.1 Å². The van der Waals surface area contributed by atoms with Crippen molar-refractivity contribution in [2.24, 2.45) is 5.92 Å². The number of carbonyl (C=O) groups excluding carboxylic acids is 2. The third-order valence-electron chi connectivity index (χ3n) is 6.33. The Morgan fingerprint density at radius 1 is 1.09 bits per heavy atom. The molecule has 1 N–H and O–H groups in total. The molecule has 10 heteroatoms. The topological polar surface area (TPSA) is 103 Å². The summed E-state index contributed by atoms with van der Waals surface area (Å²) in [6.07, 6.45) is 2.23. The van der Waals surface area contributed by atoms with Crippen LogP contribution in [0.5, 0.6) is 0 Å². The predicted octanol–water partition coefficient (Wildman–Crippen LogP) is 1.40. The molecule has 0 saturated carbocycles. The zero-order valence-corrected chi connectivity index (χ0v) is 20.2. The molecule has 0 radical (unpaired) electrons. The molecule has 3 heterocycles. The molecule has 2 aliphatic rings. The highest BCUT2D eigenvalue weighted by Crippen LogP contribution is 2.25. The van der Waals surface area contributed by atoms with Crippen LogP contribution in [-0.4, -0.2) is 74.5 Å². The zero-order valence-electron chi connectivity index (χ0n) is 19.4. The molecule has 0 aliphatic carbocycles. The number of pyridine rings is 1. The van der Waals surface area contributed by atoms with Gasteiger partial charge in [-0.2, -0.15) is 4.31 Å². The number of nitrogens with one attached hydrogen (secondary N) is 1. The van der Waals surface area contributed by atoms with Crippen LogP contribution >= 0.6 is 0 Å². The number of benzene rings is 1. The van der Waals surface area contributed by atoms with Crippen molar-refractivity contribution in [2.75, 3.05) is 54.8 Å². The molecule has 0 spiro atoms. The molecule has 0 bridgehead atoms. The molecule has 1 atom stereocenters. The average molecular weight is 486 g/mol. The first-order valence-corrected chi connectivity index (χ1v) is 13.2. The summed E-state index contributed by atoms with van der Waals surface area (Å²) in [6.45, 7) is 4.62. The van der Waals surface area contributed by atoms with E-state index in [9.17, 15) is 18.0 Å². The van der Waals surface area contributed by atoms with E-state index in [1.807, 2.05) is 49.4 Å². The third-order valence-corrected chi connectivity index (χ3v) is 8.28. The van der Waals surface area contributed by atoms with Gasteiger partial charge in [0.15, 0.2) is 0 Å². The van der Waals surface area contributed by atoms with Crippen LogP contribution in [0.1, 0.15) is 18.4 Å². The van der Waals surface area contributed by atoms with E-state index in [4.69, 9.17) is 0 Å². The lowest BCUT2D eigenvalue weighted by Gasteiger charge is -2.34. The monoisotopic (exact) mass is 485 g/mol. The Labute approximate surface area is 200 Å². The van der Waals surface area contributed by atoms with Crippen LogP contribution < -0.4 is 15.1 Å². The number of piperazine rings is 1. The Morgan fingerprint density at radius 2 is 1.82 bits per heavy atom. The second-order valence-corrected chi connectivity index (χ2v) is 10.9. The molecule has 9 nitrogen and oxygen atoms in total. The minimum absolute atomic E-state index is 0.0179. The number of hydrogen-bond acceptors (Lipinski definition) is 6. The van der Waals surface area contributed by atoms with Crippen molar-refractivity contribution < 1.29 is 18.0 Å². The van der Waals surface area contributed by atoms with Crippen LogP contribution in [-0.2, 0) is 19.6 Å². The Morgan fingerprint density at radius 3 is 2.50 bits per heavy atom. The van der Waals surface area contributed by atoms with Gasteiger partial charge in [0.25, 0.3) is 0 Å². The molecule has 34 heavy (non-hydrogen) atoms. The lowest BCUT2D eigenvalue weighted by molar-refractivity contribution is -0.126. The van der Waals surface area contributed by atoms with Gasteiger partial charge in [-0.15, -0.1) is 0 Å². The van der Waals surface area contributed by atoms with E-state index in [0.717, 1.165) is 17.1 Å². The fourth-order valence-electron chi connectivity index (χ4n) is 4.33. The number of nitrogens with zero attached hydrogens (tertiary/aromatic N) is 4. The first-order chi connectivity index (χ1) is 16.3. The first-order valence-electron chi connectivity index (χ1n) is 11.6. The number of amides is 2. The number of aryl methyl sites for hydroxylation is 1. The summed E-state index contributed by atoms with van der Waals surface area (Å²) in [7, 11) is -3.39. The maximum atomic E-state index is 12.7. The average Bonchev–Trinajstić information content (AvgIpc) is 3.24. The number of hydrogen-bond donors (Lipinski definition) is 1. The van der Waals surface area contributed by atoms with Crippen molar-refractivity contribution in [3.63, 3.8) is 0 Å². The van der Waals surface area contributed by atoms with Crippen molar-refractivity contribution in [1.29, 1.82) is 0 Å². The predicted molar refractivity (Wildman–Crippen MR) is 131 cm³/mol. The smallest absolute Gasteiger partial charge is 0.227 e. The van der Waals surface area contributed by atoms with Crippen molar-refractivity contribution in [3.05, 3.63) is 54.2 Å². The summed E-state index contributed by atoms with van der Waals surface area (Å²) in [4.78, 5) is 33.0. The molecule has 2 saturated heterocycles. The highest BCUT2D eigenvalue weighted by Gasteiger charge is 2.35. The molecule has 4 rings (SSSR count). The number of aromatic nitrogens is 1. The summed E-state index contributed by atoms with van der Waals surface area (Å²) in [5, 5.41) is 2.81. The van der Waals surface area contributed by atoms with E-state index in [1.54, 1.807) is 11.1 Å². The zero-order chi connectivity index (χ0) is 24.1. The molecule has 2 fully saturated rings. The maximum absolute atomic E-state index is 12.7. The van der Waals surface area contributed by atoms with Gasteiger partial charge in [0.1, 0.15) is 5.82 Å². The van der Waals surface area contributed by atoms with Gasteiger partial charge in [-0.05, 0) is 37.6 Å². The Hall–Kier alpha value is -2.98. The minimum Gasteiger partial charge on any atom is -0.356 e. The first kappa shape index (κ1) is 24.2. The Kier molecular flexibility index (Phi) is 7.47. The van der Waals surface area contributed by atoms with Crippen LogP contribution in [0.4, 0.5) is 11.5 Å². The molecule has 2 aromatic rings. The number of rotatable bonds is 8. The standard InChI is InChI=1S/C24H31N5O4S/c1-19-6-8-21(9-7-19)29-18-20(17-23(29)30)24(31)26-11-4-16-34(32,33)28-14-12-27(13-15-28)22-5-2-3-10-25-22/h2-3,5-10,20H,4,11-18H2,1H3,(H,26,31). The molecule has 2 aliphatic heterocycles. The summed E-state index contributed by atoms with van der Waals surface area (Å²) in [5.74, 6) is 0.134. The van der Waals surface area contributed by atoms with Crippen LogP contribution in [0.3, 0.4) is 0 Å². The molecule has 1 aromatic heterocycles. The van der Waals surface area contributed by atoms with Gasteiger partial charge in [0.2, 0.25) is 21.8 Å². The minimum atomic E-state index is -3.39. The van der Waals surface area contributed by atoms with E-state index in [-0.39, 0.29) is 30.5 Å². The lowest BCUT2D eigenvalue weighted by Crippen LogP contribution is -2.49. The van der Waals surface area contributed by atoms with Crippen LogP contribution in [0.15, 0.2) is 48.7 Å². The van der Waals surface area contributed by atoms with E-state index >= 15 is 0 Å². The van der Waals surface area contributed by atoms with Gasteiger partial charge in [-0.3, -0.25) is 9.59 Å². The second kappa shape index (κ2) is 10.5. The van der Waals surface area contributed by atoms with Gasteiger partial charge in [-0.25, -0.2) is 13.4 Å². The van der Waals surface area contributed by atoms with Crippen molar-refractivity contribution in [3.8, 4) is 0 Å². The van der Waals surface area contributed by atoms with Gasteiger partial charge >= 0.3 is 0 Å². The molecule has 182 valence electrons. The Balaban J connectivity index is 1.19. The summed E-state index contributed by atoms with van der Waals surface area (Å²) >= 11 is 0. The third kappa shape index (κ3) is 5.74. The van der Waals surface area contributed by atoms with Gasteiger partial charge < -0.3 is 15.1 Å². The molecular weight excluding hydrogens is 454 g/mol. The van der Waals surface area contributed by atoms with Gasteiger partial charge in [0, 0.05) is 57.6 Å². The highest BCUT2D eigenvalue weighted by atomic mass is 32.2. The Bertz CT molecular complexity index is 1100. The van der Waals surface area contributed by atoms with E-state index in [2.05, 4.69) is 15.2 Å². The number of anilines is 2. The summed E-state index contributed by atoms with van der Waals surface area (Å²) in [5.41, 5.74) is 1.90. The van der Waals surface area contributed by atoms with Crippen molar-refractivity contribution >= 4 is 33.3 Å². The van der Waals surface area contributed by atoms with Crippen LogP contribution in [0, 0.1) is 12.8 Å².